The molecule has 4 amide bonds. The van der Waals surface area contributed by atoms with E-state index in [2.05, 4.69) is 0 Å². The molecule has 3 aliphatic heterocycles. The summed E-state index contributed by atoms with van der Waals surface area (Å²) >= 11 is 0. The summed E-state index contributed by atoms with van der Waals surface area (Å²) in [5.41, 5.74) is 16.1. The number of methoxy groups -OCH3 is 2. The SMILES string of the molecule is CC[C@@H](C(N)=O)N1CC(N)CC1=O.CC[C@@H](C(N)=O)N1CC(n2cccc2)CC1=O.COC1CCC(OC)O1. The van der Waals surface area contributed by atoms with E-state index >= 15 is 0 Å². The second kappa shape index (κ2) is 15.6. The molecule has 6 atom stereocenters. The Hall–Kier alpha value is -3.00. The molecule has 1 aromatic rings. The van der Waals surface area contributed by atoms with Crippen molar-refractivity contribution in [1.29, 1.82) is 0 Å². The Kier molecular flexibility index (Phi) is 12.8. The molecule has 4 rings (SSSR count). The summed E-state index contributed by atoms with van der Waals surface area (Å²) in [5.74, 6) is -0.938. The van der Waals surface area contributed by atoms with Crippen LogP contribution >= 0.6 is 0 Å². The molecule has 0 spiro atoms. The van der Waals surface area contributed by atoms with E-state index in [1.165, 1.54) is 4.90 Å². The number of nitrogens with zero attached hydrogens (tertiary/aromatic N) is 3. The summed E-state index contributed by atoms with van der Waals surface area (Å²) in [5, 5.41) is 0. The summed E-state index contributed by atoms with van der Waals surface area (Å²) in [6, 6.07) is 2.87. The van der Waals surface area contributed by atoms with Crippen molar-refractivity contribution in [3.63, 3.8) is 0 Å². The third kappa shape index (κ3) is 9.02. The van der Waals surface area contributed by atoms with E-state index < -0.39 is 23.9 Å². The highest BCUT2D eigenvalue weighted by Gasteiger charge is 2.36. The third-order valence-corrected chi connectivity index (χ3v) is 7.03. The second-order valence-electron chi connectivity index (χ2n) is 9.74. The number of aromatic nitrogens is 1. The summed E-state index contributed by atoms with van der Waals surface area (Å²) in [7, 11) is 3.28. The quantitative estimate of drug-likeness (QED) is 0.384. The minimum atomic E-state index is -0.485. The number of hydrogen-bond acceptors (Lipinski definition) is 8. The maximum absolute atomic E-state index is 11.9. The molecule has 0 saturated carbocycles. The minimum Gasteiger partial charge on any atom is -0.368 e. The van der Waals surface area contributed by atoms with Crippen molar-refractivity contribution in [3.8, 4) is 0 Å². The van der Waals surface area contributed by atoms with Gasteiger partial charge in [0.15, 0.2) is 12.6 Å². The van der Waals surface area contributed by atoms with Gasteiger partial charge in [-0.15, -0.1) is 0 Å². The number of carbonyl (C=O) groups excluding carboxylic acids is 4. The van der Waals surface area contributed by atoms with E-state index in [-0.39, 0.29) is 36.5 Å². The molecule has 1 aromatic heterocycles. The van der Waals surface area contributed by atoms with E-state index in [0.717, 1.165) is 12.8 Å². The predicted octanol–water partition coefficient (Wildman–Crippen LogP) is 0.0771. The average Bonchev–Trinajstić information content (AvgIpc) is 3.69. The zero-order chi connectivity index (χ0) is 29.1. The Labute approximate surface area is 229 Å². The number of likely N-dealkylation sites (tertiary alicyclic amines) is 2. The topological polar surface area (TPSA) is 185 Å². The van der Waals surface area contributed by atoms with E-state index in [1.54, 1.807) is 19.1 Å². The van der Waals surface area contributed by atoms with Crippen LogP contribution < -0.4 is 17.2 Å². The number of carbonyl (C=O) groups is 4. The van der Waals surface area contributed by atoms with Crippen LogP contribution in [0.5, 0.6) is 0 Å². The van der Waals surface area contributed by atoms with Gasteiger partial charge in [-0.05, 0) is 25.0 Å². The van der Waals surface area contributed by atoms with Gasteiger partial charge in [0.25, 0.3) is 0 Å². The van der Waals surface area contributed by atoms with Crippen LogP contribution in [0.4, 0.5) is 0 Å². The maximum Gasteiger partial charge on any atom is 0.240 e. The molecule has 4 heterocycles. The van der Waals surface area contributed by atoms with Crippen LogP contribution in [-0.4, -0.2) is 96.0 Å². The fourth-order valence-electron chi connectivity index (χ4n) is 4.94. The second-order valence-corrected chi connectivity index (χ2v) is 9.74. The van der Waals surface area contributed by atoms with Gasteiger partial charge in [0.05, 0.1) is 6.04 Å². The molecular formula is C26H44N6O7. The number of nitrogens with two attached hydrogens (primary N) is 3. The highest BCUT2D eigenvalue weighted by Crippen LogP contribution is 2.25. The Morgan fingerprint density at radius 3 is 1.72 bits per heavy atom. The Bertz CT molecular complexity index is 933. The smallest absolute Gasteiger partial charge is 0.240 e. The molecule has 220 valence electrons. The van der Waals surface area contributed by atoms with Crippen LogP contribution in [0, 0.1) is 0 Å². The molecule has 3 fully saturated rings. The number of hydrogen-bond donors (Lipinski definition) is 3. The molecule has 0 aromatic carbocycles. The van der Waals surface area contributed by atoms with Crippen molar-refractivity contribution >= 4 is 23.6 Å². The molecule has 3 aliphatic rings. The molecule has 4 unspecified atom stereocenters. The van der Waals surface area contributed by atoms with Crippen LogP contribution in [-0.2, 0) is 33.4 Å². The van der Waals surface area contributed by atoms with Crippen molar-refractivity contribution in [2.24, 2.45) is 17.2 Å². The summed E-state index contributed by atoms with van der Waals surface area (Å²) < 4.78 is 17.1. The first-order chi connectivity index (χ1) is 18.6. The fraction of sp³-hybridized carbons (Fsp3) is 0.692. The number of ether oxygens (including phenoxy) is 3. The lowest BCUT2D eigenvalue weighted by Gasteiger charge is -2.24. The maximum atomic E-state index is 11.9. The lowest BCUT2D eigenvalue weighted by molar-refractivity contribution is -0.185. The van der Waals surface area contributed by atoms with Crippen molar-refractivity contribution in [3.05, 3.63) is 24.5 Å². The first-order valence-electron chi connectivity index (χ1n) is 13.3. The zero-order valence-corrected chi connectivity index (χ0v) is 23.4. The van der Waals surface area contributed by atoms with E-state index in [1.807, 2.05) is 42.9 Å². The highest BCUT2D eigenvalue weighted by molar-refractivity contribution is 5.88. The highest BCUT2D eigenvalue weighted by atomic mass is 16.8. The van der Waals surface area contributed by atoms with Crippen molar-refractivity contribution in [2.45, 2.75) is 89.1 Å². The molecule has 6 N–H and O–H groups in total. The van der Waals surface area contributed by atoms with Crippen molar-refractivity contribution in [2.75, 3.05) is 27.3 Å². The first-order valence-corrected chi connectivity index (χ1v) is 13.3. The Balaban J connectivity index is 0.000000216. The van der Waals surface area contributed by atoms with Crippen LogP contribution in [0.25, 0.3) is 0 Å². The predicted molar refractivity (Wildman–Crippen MR) is 143 cm³/mol. The molecule has 0 bridgehead atoms. The van der Waals surface area contributed by atoms with E-state index in [0.29, 0.717) is 38.8 Å². The minimum absolute atomic E-state index is 0.00866. The fourth-order valence-corrected chi connectivity index (χ4v) is 4.94. The molecule has 39 heavy (non-hydrogen) atoms. The summed E-state index contributed by atoms with van der Waals surface area (Å²) in [6.45, 7) is 4.70. The van der Waals surface area contributed by atoms with Gasteiger partial charge in [0.2, 0.25) is 23.6 Å². The molecule has 0 radical (unpaired) electrons. The number of rotatable bonds is 9. The van der Waals surface area contributed by atoms with Gasteiger partial charge in [-0.25, -0.2) is 0 Å². The van der Waals surface area contributed by atoms with Gasteiger partial charge in [-0.1, -0.05) is 13.8 Å². The number of amides is 4. The van der Waals surface area contributed by atoms with Gasteiger partial charge < -0.3 is 45.8 Å². The van der Waals surface area contributed by atoms with Crippen LogP contribution in [0.15, 0.2) is 24.5 Å². The van der Waals surface area contributed by atoms with Crippen LogP contribution in [0.1, 0.15) is 58.4 Å². The van der Waals surface area contributed by atoms with Crippen molar-refractivity contribution < 1.29 is 33.4 Å². The molecule has 13 nitrogen and oxygen atoms in total. The summed E-state index contributed by atoms with van der Waals surface area (Å²) in [4.78, 5) is 48.5. The number of primary amides is 2. The lowest BCUT2D eigenvalue weighted by atomic mass is 10.2. The largest absolute Gasteiger partial charge is 0.368 e. The molecule has 3 saturated heterocycles. The Morgan fingerprint density at radius 2 is 1.36 bits per heavy atom. The molecular weight excluding hydrogens is 508 g/mol. The van der Waals surface area contributed by atoms with Gasteiger partial charge in [0.1, 0.15) is 12.1 Å². The monoisotopic (exact) mass is 552 g/mol. The first kappa shape index (κ1) is 32.2. The molecule has 13 heteroatoms. The van der Waals surface area contributed by atoms with E-state index in [4.69, 9.17) is 31.4 Å². The van der Waals surface area contributed by atoms with E-state index in [9.17, 15) is 19.2 Å². The zero-order valence-electron chi connectivity index (χ0n) is 23.4. The molecule has 0 aliphatic carbocycles. The van der Waals surface area contributed by atoms with Gasteiger partial charge >= 0.3 is 0 Å². The average molecular weight is 553 g/mol. The lowest BCUT2D eigenvalue weighted by Crippen LogP contribution is -2.45. The Morgan fingerprint density at radius 1 is 0.897 bits per heavy atom. The normalized spacial score (nSPS) is 26.0. The van der Waals surface area contributed by atoms with Crippen molar-refractivity contribution in [1.82, 2.24) is 14.4 Å². The third-order valence-electron chi connectivity index (χ3n) is 7.03. The van der Waals surface area contributed by atoms with Gasteiger partial charge in [-0.2, -0.15) is 0 Å². The van der Waals surface area contributed by atoms with Gasteiger partial charge in [-0.3, -0.25) is 19.2 Å². The summed E-state index contributed by atoms with van der Waals surface area (Å²) in [6.07, 6.45) is 7.55. The van der Waals surface area contributed by atoms with Gasteiger partial charge in [0, 0.05) is 71.4 Å². The van der Waals surface area contributed by atoms with Crippen LogP contribution in [0.3, 0.4) is 0 Å². The standard InChI is InChI=1S/C12H17N3O2.C8H15N3O2.C6H12O3/c1-2-10(12(13)17)15-8-9(7-11(15)16)14-5-3-4-6-14;1-2-6(8(10)13)11-4-5(9)3-7(11)12;1-7-5-3-4-6(8-2)9-5/h3-6,9-10H,2,7-8H2,1H3,(H2,13,17);5-6H,2-4,9H2,1H3,(H2,10,13);5-6H,3-4H2,1-2H3/t9?,10-;5?,6-;/m00./s1. The van der Waals surface area contributed by atoms with Crippen LogP contribution in [0.2, 0.25) is 0 Å².